The molecule has 0 aliphatic carbocycles. The highest BCUT2D eigenvalue weighted by atomic mass is 16.5. The Hall–Kier alpha value is -3.93. The van der Waals surface area contributed by atoms with Crippen LogP contribution in [0.3, 0.4) is 0 Å². The Bertz CT molecular complexity index is 1220. The zero-order chi connectivity index (χ0) is 22.5. The van der Waals surface area contributed by atoms with Crippen molar-refractivity contribution in [1.82, 2.24) is 15.3 Å². The molecule has 0 aliphatic heterocycles. The molecule has 1 unspecified atom stereocenters. The van der Waals surface area contributed by atoms with E-state index in [1.54, 1.807) is 19.5 Å². The second kappa shape index (κ2) is 9.47. The minimum Gasteiger partial charge on any atom is -0.497 e. The Balaban J connectivity index is 1.42. The molecule has 0 bridgehead atoms. The molecular formula is C26H25N3O3. The van der Waals surface area contributed by atoms with Gasteiger partial charge in [0, 0.05) is 29.4 Å². The van der Waals surface area contributed by atoms with Gasteiger partial charge >= 0.3 is 0 Å². The smallest absolute Gasteiger partial charge is 0.253 e. The molecule has 1 amide bonds. The van der Waals surface area contributed by atoms with Gasteiger partial charge in [-0.1, -0.05) is 18.2 Å². The topological polar surface area (TPSA) is 73.3 Å². The number of benzene rings is 2. The lowest BCUT2D eigenvalue weighted by molar-refractivity contribution is 0.0939. The summed E-state index contributed by atoms with van der Waals surface area (Å²) in [4.78, 5) is 21.6. The number of methoxy groups -OCH3 is 1. The van der Waals surface area contributed by atoms with Crippen LogP contribution in [0.5, 0.6) is 11.5 Å². The van der Waals surface area contributed by atoms with Crippen LogP contribution >= 0.6 is 0 Å². The number of hydrogen-bond donors (Lipinski definition) is 1. The first-order valence-electron chi connectivity index (χ1n) is 10.4. The maximum atomic E-state index is 12.9. The standard InChI is InChI=1S/C26H25N3O3/c1-17(20-6-9-22(10-7-20)32-16-19-5-4-12-27-15-19)29-26(30)24-13-21-8-11-23(31-3)14-25(21)28-18(24)2/h4-15,17H,16H2,1-3H3,(H,29,30). The Morgan fingerprint density at radius 1 is 1.06 bits per heavy atom. The minimum atomic E-state index is -0.166. The van der Waals surface area contributed by atoms with Crippen LogP contribution < -0.4 is 14.8 Å². The largest absolute Gasteiger partial charge is 0.497 e. The van der Waals surface area contributed by atoms with Crippen molar-refractivity contribution in [3.8, 4) is 11.5 Å². The van der Waals surface area contributed by atoms with E-state index < -0.39 is 0 Å². The van der Waals surface area contributed by atoms with Crippen molar-refractivity contribution >= 4 is 16.8 Å². The fourth-order valence-electron chi connectivity index (χ4n) is 3.46. The molecule has 2 heterocycles. The fraction of sp³-hybridized carbons (Fsp3) is 0.192. The SMILES string of the molecule is COc1ccc2cc(C(=O)NC(C)c3ccc(OCc4cccnc4)cc3)c(C)nc2c1. The maximum absolute atomic E-state index is 12.9. The third-order valence-electron chi connectivity index (χ3n) is 5.32. The number of ether oxygens (including phenoxy) is 2. The van der Waals surface area contributed by atoms with Crippen LogP contribution in [0.4, 0.5) is 0 Å². The Morgan fingerprint density at radius 3 is 2.56 bits per heavy atom. The summed E-state index contributed by atoms with van der Waals surface area (Å²) < 4.78 is 11.1. The maximum Gasteiger partial charge on any atom is 0.253 e. The van der Waals surface area contributed by atoms with E-state index >= 15 is 0 Å². The van der Waals surface area contributed by atoms with Gasteiger partial charge in [0.1, 0.15) is 18.1 Å². The summed E-state index contributed by atoms with van der Waals surface area (Å²) in [6, 6.07) is 18.9. The summed E-state index contributed by atoms with van der Waals surface area (Å²) >= 11 is 0. The second-order valence-corrected chi connectivity index (χ2v) is 7.59. The Labute approximate surface area is 187 Å². The summed E-state index contributed by atoms with van der Waals surface area (Å²) in [5, 5.41) is 3.96. The molecule has 0 radical (unpaired) electrons. The number of aryl methyl sites for hydroxylation is 1. The Morgan fingerprint density at radius 2 is 1.84 bits per heavy atom. The monoisotopic (exact) mass is 427 g/mol. The van der Waals surface area contributed by atoms with E-state index in [0.29, 0.717) is 17.9 Å². The number of pyridine rings is 2. The minimum absolute atomic E-state index is 0.155. The number of carbonyl (C=O) groups excluding carboxylic acids is 1. The zero-order valence-corrected chi connectivity index (χ0v) is 18.3. The highest BCUT2D eigenvalue weighted by Crippen LogP contribution is 2.23. The Kier molecular flexibility index (Phi) is 6.31. The van der Waals surface area contributed by atoms with Gasteiger partial charge in [-0.05, 0) is 55.8 Å². The molecule has 0 fully saturated rings. The first kappa shape index (κ1) is 21.3. The lowest BCUT2D eigenvalue weighted by Gasteiger charge is -2.16. The van der Waals surface area contributed by atoms with Crippen LogP contribution in [0.15, 0.2) is 73.1 Å². The van der Waals surface area contributed by atoms with E-state index in [9.17, 15) is 4.79 Å². The summed E-state index contributed by atoms with van der Waals surface area (Å²) in [5.74, 6) is 1.35. The molecule has 6 nitrogen and oxygen atoms in total. The van der Waals surface area contributed by atoms with Crippen molar-refractivity contribution in [2.45, 2.75) is 26.5 Å². The summed E-state index contributed by atoms with van der Waals surface area (Å²) in [6.45, 7) is 4.25. The quantitative estimate of drug-likeness (QED) is 0.448. The molecule has 0 saturated carbocycles. The van der Waals surface area contributed by atoms with Gasteiger partial charge in [-0.15, -0.1) is 0 Å². The van der Waals surface area contributed by atoms with Gasteiger partial charge in [0.2, 0.25) is 0 Å². The zero-order valence-electron chi connectivity index (χ0n) is 18.3. The van der Waals surface area contributed by atoms with Gasteiger partial charge in [-0.3, -0.25) is 14.8 Å². The molecule has 32 heavy (non-hydrogen) atoms. The molecule has 1 atom stereocenters. The molecule has 0 aliphatic rings. The number of aromatic nitrogens is 2. The van der Waals surface area contributed by atoms with Crippen molar-refractivity contribution in [2.24, 2.45) is 0 Å². The van der Waals surface area contributed by atoms with Gasteiger partial charge in [-0.25, -0.2) is 0 Å². The molecule has 1 N–H and O–H groups in total. The van der Waals surface area contributed by atoms with E-state index in [1.807, 2.05) is 74.5 Å². The molecule has 2 aromatic carbocycles. The number of nitrogens with one attached hydrogen (secondary N) is 1. The van der Waals surface area contributed by atoms with Crippen molar-refractivity contribution in [2.75, 3.05) is 7.11 Å². The molecule has 0 saturated heterocycles. The first-order chi connectivity index (χ1) is 15.5. The molecule has 162 valence electrons. The lowest BCUT2D eigenvalue weighted by Crippen LogP contribution is -2.27. The highest BCUT2D eigenvalue weighted by molar-refractivity contribution is 5.99. The summed E-state index contributed by atoms with van der Waals surface area (Å²) in [5.41, 5.74) is 4.03. The number of hydrogen-bond acceptors (Lipinski definition) is 5. The normalized spacial score (nSPS) is 11.7. The van der Waals surface area contributed by atoms with Gasteiger partial charge < -0.3 is 14.8 Å². The van der Waals surface area contributed by atoms with Gasteiger partial charge in [-0.2, -0.15) is 0 Å². The van der Waals surface area contributed by atoms with E-state index in [2.05, 4.69) is 15.3 Å². The molecule has 4 aromatic rings. The molecular weight excluding hydrogens is 402 g/mol. The number of nitrogens with zero attached hydrogens (tertiary/aromatic N) is 2. The average molecular weight is 428 g/mol. The fourth-order valence-corrected chi connectivity index (χ4v) is 3.46. The van der Waals surface area contributed by atoms with E-state index in [1.165, 1.54) is 0 Å². The number of carbonyl (C=O) groups is 1. The van der Waals surface area contributed by atoms with Crippen molar-refractivity contribution in [3.63, 3.8) is 0 Å². The van der Waals surface area contributed by atoms with Crippen LogP contribution in [0.1, 0.15) is 40.1 Å². The first-order valence-corrected chi connectivity index (χ1v) is 10.4. The number of amides is 1. The lowest BCUT2D eigenvalue weighted by atomic mass is 10.1. The third-order valence-corrected chi connectivity index (χ3v) is 5.32. The van der Waals surface area contributed by atoms with Crippen molar-refractivity contribution in [1.29, 1.82) is 0 Å². The highest BCUT2D eigenvalue weighted by Gasteiger charge is 2.15. The van der Waals surface area contributed by atoms with Gasteiger partial charge in [0.25, 0.3) is 5.91 Å². The third kappa shape index (κ3) is 4.86. The van der Waals surface area contributed by atoms with E-state index in [4.69, 9.17) is 9.47 Å². The van der Waals surface area contributed by atoms with E-state index in [-0.39, 0.29) is 11.9 Å². The average Bonchev–Trinajstić information content (AvgIpc) is 2.82. The van der Waals surface area contributed by atoms with Crippen LogP contribution in [-0.2, 0) is 6.61 Å². The predicted octanol–water partition coefficient (Wildman–Crippen LogP) is 5.02. The van der Waals surface area contributed by atoms with Crippen molar-refractivity contribution in [3.05, 3.63) is 95.4 Å². The van der Waals surface area contributed by atoms with Crippen LogP contribution in [0, 0.1) is 6.92 Å². The summed E-state index contributed by atoms with van der Waals surface area (Å²) in [7, 11) is 1.62. The van der Waals surface area contributed by atoms with Crippen molar-refractivity contribution < 1.29 is 14.3 Å². The molecule has 6 heteroatoms. The van der Waals surface area contributed by atoms with Crippen LogP contribution in [0.2, 0.25) is 0 Å². The second-order valence-electron chi connectivity index (χ2n) is 7.59. The molecule has 4 rings (SSSR count). The molecule has 2 aromatic heterocycles. The van der Waals surface area contributed by atoms with Gasteiger partial charge in [0.05, 0.1) is 29.9 Å². The number of fused-ring (bicyclic) bond motifs is 1. The van der Waals surface area contributed by atoms with E-state index in [0.717, 1.165) is 33.5 Å². The van der Waals surface area contributed by atoms with Gasteiger partial charge in [0.15, 0.2) is 0 Å². The number of rotatable bonds is 7. The van der Waals surface area contributed by atoms with Crippen LogP contribution in [-0.4, -0.2) is 23.0 Å². The van der Waals surface area contributed by atoms with Crippen LogP contribution in [0.25, 0.3) is 10.9 Å². The molecule has 0 spiro atoms. The predicted molar refractivity (Wildman–Crippen MR) is 124 cm³/mol. The summed E-state index contributed by atoms with van der Waals surface area (Å²) in [6.07, 6.45) is 3.52.